The number of nitrogens with zero attached hydrogens (tertiary/aromatic N) is 3. The first kappa shape index (κ1) is 20.2. The molecule has 3 amide bonds. The van der Waals surface area contributed by atoms with Crippen LogP contribution in [0.1, 0.15) is 17.5 Å². The van der Waals surface area contributed by atoms with Crippen molar-refractivity contribution in [2.75, 3.05) is 42.5 Å². The molecule has 0 unspecified atom stereocenters. The van der Waals surface area contributed by atoms with Gasteiger partial charge in [-0.2, -0.15) is 0 Å². The number of carbonyl (C=O) groups excluding carboxylic acids is 2. The highest BCUT2D eigenvalue weighted by Gasteiger charge is 2.33. The van der Waals surface area contributed by atoms with E-state index >= 15 is 0 Å². The monoisotopic (exact) mass is 410 g/mol. The number of aryl methyl sites for hydroxylation is 2. The van der Waals surface area contributed by atoms with Gasteiger partial charge in [0.1, 0.15) is 5.82 Å². The zero-order chi connectivity index (χ0) is 21.3. The molecule has 2 heterocycles. The fourth-order valence-electron chi connectivity index (χ4n) is 4.07. The number of nitrogens with one attached hydrogen (secondary N) is 1. The Morgan fingerprint density at radius 3 is 2.47 bits per heavy atom. The van der Waals surface area contributed by atoms with Crippen LogP contribution in [0.3, 0.4) is 0 Å². The van der Waals surface area contributed by atoms with Crippen molar-refractivity contribution in [2.24, 2.45) is 0 Å². The first-order chi connectivity index (χ1) is 14.4. The number of hydrogen-bond donors (Lipinski definition) is 1. The van der Waals surface area contributed by atoms with Crippen LogP contribution >= 0.6 is 0 Å². The lowest BCUT2D eigenvalue weighted by molar-refractivity contribution is -0.117. The lowest BCUT2D eigenvalue weighted by Crippen LogP contribution is -2.54. The van der Waals surface area contributed by atoms with E-state index < -0.39 is 0 Å². The molecular formula is C23H27FN4O2. The number of amides is 3. The summed E-state index contributed by atoms with van der Waals surface area (Å²) >= 11 is 0. The molecule has 0 saturated carbocycles. The number of para-hydroxylation sites is 1. The summed E-state index contributed by atoms with van der Waals surface area (Å²) in [6.45, 7) is 6.73. The standard InChI is InChI=1S/C23H27FN4O2/c1-16-7-8-19(13-17(16)2)28-15-18(14-22(28)29)25-23(30)27-11-9-26(10-12-27)21-6-4-3-5-20(21)24/h3-8,13,18H,9-12,14-15H2,1-2H3,(H,25,30)/t18-/m0/s1. The van der Waals surface area contributed by atoms with E-state index in [9.17, 15) is 14.0 Å². The number of urea groups is 1. The minimum absolute atomic E-state index is 0.0212. The van der Waals surface area contributed by atoms with Crippen molar-refractivity contribution in [1.29, 1.82) is 0 Å². The van der Waals surface area contributed by atoms with Gasteiger partial charge in [-0.15, -0.1) is 0 Å². The minimum Gasteiger partial charge on any atom is -0.366 e. The minimum atomic E-state index is -0.244. The van der Waals surface area contributed by atoms with Gasteiger partial charge in [0.05, 0.1) is 11.7 Å². The highest BCUT2D eigenvalue weighted by atomic mass is 19.1. The summed E-state index contributed by atoms with van der Waals surface area (Å²) in [7, 11) is 0. The molecule has 0 aromatic heterocycles. The molecule has 4 rings (SSSR count). The third-order valence-corrected chi connectivity index (χ3v) is 6.01. The van der Waals surface area contributed by atoms with Gasteiger partial charge in [0.2, 0.25) is 5.91 Å². The molecule has 1 N–H and O–H groups in total. The van der Waals surface area contributed by atoms with E-state index in [0.717, 1.165) is 11.3 Å². The third kappa shape index (κ3) is 4.10. The second-order valence-corrected chi connectivity index (χ2v) is 8.05. The Hall–Kier alpha value is -3.09. The summed E-state index contributed by atoms with van der Waals surface area (Å²) in [4.78, 5) is 30.6. The molecule has 2 fully saturated rings. The van der Waals surface area contributed by atoms with Crippen molar-refractivity contribution in [3.8, 4) is 0 Å². The maximum atomic E-state index is 14.0. The lowest BCUT2D eigenvalue weighted by atomic mass is 10.1. The zero-order valence-electron chi connectivity index (χ0n) is 17.4. The molecule has 2 aromatic rings. The Balaban J connectivity index is 1.32. The van der Waals surface area contributed by atoms with Gasteiger partial charge in [-0.05, 0) is 49.2 Å². The van der Waals surface area contributed by atoms with Crippen LogP contribution in [-0.2, 0) is 4.79 Å². The van der Waals surface area contributed by atoms with E-state index in [1.165, 1.54) is 11.6 Å². The van der Waals surface area contributed by atoms with Gasteiger partial charge < -0.3 is 20.0 Å². The Labute approximate surface area is 176 Å². The number of piperazine rings is 1. The average molecular weight is 410 g/mol. The van der Waals surface area contributed by atoms with E-state index in [0.29, 0.717) is 44.8 Å². The SMILES string of the molecule is Cc1ccc(N2C[C@@H](NC(=O)N3CCN(c4ccccc4F)CC3)CC2=O)cc1C. The number of carbonyl (C=O) groups is 2. The predicted molar refractivity (Wildman–Crippen MR) is 115 cm³/mol. The van der Waals surface area contributed by atoms with Gasteiger partial charge in [-0.3, -0.25) is 4.79 Å². The number of halogens is 1. The van der Waals surface area contributed by atoms with Gasteiger partial charge in [0.25, 0.3) is 0 Å². The molecule has 2 aliphatic heterocycles. The second-order valence-electron chi connectivity index (χ2n) is 8.05. The van der Waals surface area contributed by atoms with E-state index in [4.69, 9.17) is 0 Å². The van der Waals surface area contributed by atoms with Gasteiger partial charge >= 0.3 is 6.03 Å². The molecule has 0 bridgehead atoms. The van der Waals surface area contributed by atoms with Crippen LogP contribution in [0, 0.1) is 19.7 Å². The molecule has 158 valence electrons. The number of benzene rings is 2. The summed E-state index contributed by atoms with van der Waals surface area (Å²) in [5.41, 5.74) is 3.77. The number of anilines is 2. The molecule has 2 saturated heterocycles. The largest absolute Gasteiger partial charge is 0.366 e. The Morgan fingerprint density at radius 1 is 1.03 bits per heavy atom. The third-order valence-electron chi connectivity index (χ3n) is 6.01. The smallest absolute Gasteiger partial charge is 0.317 e. The molecule has 30 heavy (non-hydrogen) atoms. The van der Waals surface area contributed by atoms with Crippen molar-refractivity contribution in [3.63, 3.8) is 0 Å². The Bertz CT molecular complexity index is 956. The van der Waals surface area contributed by atoms with Crippen LogP contribution < -0.4 is 15.1 Å². The fourth-order valence-corrected chi connectivity index (χ4v) is 4.07. The average Bonchev–Trinajstić information content (AvgIpc) is 3.10. The Kier molecular flexibility index (Phi) is 5.61. The lowest BCUT2D eigenvalue weighted by Gasteiger charge is -2.36. The summed E-state index contributed by atoms with van der Waals surface area (Å²) < 4.78 is 14.0. The molecule has 2 aliphatic rings. The van der Waals surface area contributed by atoms with Gasteiger partial charge in [-0.1, -0.05) is 18.2 Å². The fraction of sp³-hybridized carbons (Fsp3) is 0.391. The topological polar surface area (TPSA) is 55.9 Å². The van der Waals surface area contributed by atoms with Crippen LogP contribution in [-0.4, -0.2) is 55.6 Å². The van der Waals surface area contributed by atoms with Crippen molar-refractivity contribution in [3.05, 3.63) is 59.4 Å². The van der Waals surface area contributed by atoms with E-state index in [-0.39, 0.29) is 23.8 Å². The summed E-state index contributed by atoms with van der Waals surface area (Å²) in [6, 6.07) is 12.3. The van der Waals surface area contributed by atoms with Crippen molar-refractivity contribution in [2.45, 2.75) is 26.3 Å². The first-order valence-electron chi connectivity index (χ1n) is 10.3. The van der Waals surface area contributed by atoms with E-state index in [2.05, 4.69) is 5.32 Å². The van der Waals surface area contributed by atoms with Crippen LogP contribution in [0.25, 0.3) is 0 Å². The molecule has 2 aromatic carbocycles. The Morgan fingerprint density at radius 2 is 1.77 bits per heavy atom. The van der Waals surface area contributed by atoms with Gasteiger partial charge in [-0.25, -0.2) is 9.18 Å². The van der Waals surface area contributed by atoms with Crippen LogP contribution in [0.5, 0.6) is 0 Å². The van der Waals surface area contributed by atoms with E-state index in [1.54, 1.807) is 21.9 Å². The normalized spacial score (nSPS) is 19.4. The molecular weight excluding hydrogens is 383 g/mol. The zero-order valence-corrected chi connectivity index (χ0v) is 17.4. The second kappa shape index (κ2) is 8.34. The molecule has 6 nitrogen and oxygen atoms in total. The van der Waals surface area contributed by atoms with Crippen molar-refractivity contribution in [1.82, 2.24) is 10.2 Å². The van der Waals surface area contributed by atoms with Crippen molar-refractivity contribution < 1.29 is 14.0 Å². The quantitative estimate of drug-likeness (QED) is 0.846. The van der Waals surface area contributed by atoms with E-state index in [1.807, 2.05) is 43.0 Å². The predicted octanol–water partition coefficient (Wildman–Crippen LogP) is 3.08. The highest BCUT2D eigenvalue weighted by molar-refractivity contribution is 5.97. The van der Waals surface area contributed by atoms with Crippen LogP contribution in [0.15, 0.2) is 42.5 Å². The highest BCUT2D eigenvalue weighted by Crippen LogP contribution is 2.24. The molecule has 7 heteroatoms. The summed E-state index contributed by atoms with van der Waals surface area (Å²) in [5.74, 6) is -0.223. The first-order valence-corrected chi connectivity index (χ1v) is 10.3. The van der Waals surface area contributed by atoms with Crippen LogP contribution in [0.2, 0.25) is 0 Å². The summed E-state index contributed by atoms with van der Waals surface area (Å²) in [5, 5.41) is 3.00. The maximum absolute atomic E-state index is 14.0. The molecule has 0 radical (unpaired) electrons. The number of rotatable bonds is 3. The van der Waals surface area contributed by atoms with Crippen LogP contribution in [0.4, 0.5) is 20.6 Å². The maximum Gasteiger partial charge on any atom is 0.317 e. The summed E-state index contributed by atoms with van der Waals surface area (Å²) in [6.07, 6.45) is 0.299. The van der Waals surface area contributed by atoms with Crippen molar-refractivity contribution >= 4 is 23.3 Å². The van der Waals surface area contributed by atoms with Gasteiger partial charge in [0.15, 0.2) is 0 Å². The molecule has 0 spiro atoms. The molecule has 1 atom stereocenters. The van der Waals surface area contributed by atoms with Gasteiger partial charge in [0, 0.05) is 44.8 Å². The molecule has 0 aliphatic carbocycles. The number of hydrogen-bond acceptors (Lipinski definition) is 3.